The van der Waals surface area contributed by atoms with E-state index in [1.165, 1.54) is 70.6 Å². The number of aliphatic hydroxyl groups excluding tert-OH is 7. The first-order valence-corrected chi connectivity index (χ1v) is 24.6. The average Bonchev–Trinajstić information content (AvgIpc) is 3.28. The molecule has 2 heterocycles. The van der Waals surface area contributed by atoms with E-state index in [0.29, 0.717) is 13.0 Å². The third kappa shape index (κ3) is 25.6. The largest absolute Gasteiger partial charge is 0.457 e. The molecule has 368 valence electrons. The summed E-state index contributed by atoms with van der Waals surface area (Å²) in [5.41, 5.74) is 0. The van der Waals surface area contributed by atoms with Gasteiger partial charge in [0.25, 0.3) is 0 Å². The molecule has 2 rings (SSSR count). The Balaban J connectivity index is 1.80. The van der Waals surface area contributed by atoms with Crippen molar-refractivity contribution in [3.63, 3.8) is 0 Å². The van der Waals surface area contributed by atoms with Crippen molar-refractivity contribution in [1.29, 1.82) is 0 Å². The molecular weight excluding hydrogens is 813 g/mol. The van der Waals surface area contributed by atoms with Gasteiger partial charge in [-0.3, -0.25) is 4.79 Å². The lowest BCUT2D eigenvalue weighted by Gasteiger charge is -2.42. The Labute approximate surface area is 379 Å². The van der Waals surface area contributed by atoms with Gasteiger partial charge in [0.15, 0.2) is 12.6 Å². The van der Waals surface area contributed by atoms with Crippen LogP contribution in [0, 0.1) is 0 Å². The van der Waals surface area contributed by atoms with Crippen LogP contribution in [0.3, 0.4) is 0 Å². The van der Waals surface area contributed by atoms with Gasteiger partial charge in [0.05, 0.1) is 26.4 Å². The zero-order valence-electron chi connectivity index (χ0n) is 38.8. The highest BCUT2D eigenvalue weighted by molar-refractivity contribution is 5.69. The summed E-state index contributed by atoms with van der Waals surface area (Å²) in [6, 6.07) is 0. The van der Waals surface area contributed by atoms with E-state index in [9.17, 15) is 40.5 Å². The van der Waals surface area contributed by atoms with Crippen molar-refractivity contribution in [2.75, 3.05) is 33.0 Å². The molecule has 0 aromatic carbocycles. The summed E-state index contributed by atoms with van der Waals surface area (Å²) in [5.74, 6) is -0.393. The predicted molar refractivity (Wildman–Crippen MR) is 243 cm³/mol. The van der Waals surface area contributed by atoms with Gasteiger partial charge in [-0.25, -0.2) is 0 Å². The average molecular weight is 901 g/mol. The molecule has 0 spiro atoms. The van der Waals surface area contributed by atoms with E-state index in [1.807, 2.05) is 0 Å². The van der Waals surface area contributed by atoms with Crippen LogP contribution in [0.4, 0.5) is 0 Å². The van der Waals surface area contributed by atoms with Gasteiger partial charge in [0.2, 0.25) is 0 Å². The van der Waals surface area contributed by atoms with Crippen molar-refractivity contribution >= 4 is 5.97 Å². The smallest absolute Gasteiger partial charge is 0.306 e. The maximum atomic E-state index is 13.0. The van der Waals surface area contributed by atoms with E-state index in [0.717, 1.165) is 70.6 Å². The summed E-state index contributed by atoms with van der Waals surface area (Å²) >= 11 is 0. The Kier molecular flexibility index (Phi) is 34.0. The molecule has 11 unspecified atom stereocenters. The molecule has 11 atom stereocenters. The van der Waals surface area contributed by atoms with Gasteiger partial charge in [0, 0.05) is 13.0 Å². The molecular formula is C49H88O14. The fourth-order valence-corrected chi connectivity index (χ4v) is 7.54. The minimum atomic E-state index is -1.71. The minimum Gasteiger partial charge on any atom is -0.457 e. The normalized spacial score (nSPS) is 27.3. The maximum Gasteiger partial charge on any atom is 0.306 e. The number of unbranched alkanes of at least 4 members (excludes halogenated alkanes) is 18. The second kappa shape index (κ2) is 37.3. The van der Waals surface area contributed by atoms with Crippen LogP contribution in [-0.4, -0.2) is 142 Å². The molecule has 0 aliphatic carbocycles. The lowest BCUT2D eigenvalue weighted by Crippen LogP contribution is -2.61. The minimum absolute atomic E-state index is 0.0519. The molecule has 14 nitrogen and oxygen atoms in total. The van der Waals surface area contributed by atoms with E-state index in [2.05, 4.69) is 50.3 Å². The summed E-state index contributed by atoms with van der Waals surface area (Å²) < 4.78 is 34.2. The molecule has 0 saturated carbocycles. The van der Waals surface area contributed by atoms with Gasteiger partial charge in [-0.15, -0.1) is 0 Å². The topological polar surface area (TPSA) is 214 Å². The number of aliphatic hydroxyl groups is 7. The summed E-state index contributed by atoms with van der Waals surface area (Å²) in [5, 5.41) is 72.0. The van der Waals surface area contributed by atoms with Gasteiger partial charge in [0.1, 0.15) is 54.9 Å². The quantitative estimate of drug-likeness (QED) is 0.0197. The molecule has 0 radical (unpaired) electrons. The lowest BCUT2D eigenvalue weighted by atomic mass is 9.98. The molecule has 2 aliphatic rings. The van der Waals surface area contributed by atoms with Crippen molar-refractivity contribution < 1.29 is 69.0 Å². The van der Waals surface area contributed by atoms with Crippen LogP contribution in [0.5, 0.6) is 0 Å². The van der Waals surface area contributed by atoms with Crippen molar-refractivity contribution in [3.05, 3.63) is 36.5 Å². The highest BCUT2D eigenvalue weighted by Crippen LogP contribution is 2.26. The van der Waals surface area contributed by atoms with Crippen LogP contribution < -0.4 is 0 Å². The Hall–Kier alpha value is -1.79. The zero-order valence-corrected chi connectivity index (χ0v) is 38.8. The van der Waals surface area contributed by atoms with E-state index < -0.39 is 86.7 Å². The molecule has 14 heteroatoms. The number of esters is 1. The highest BCUT2D eigenvalue weighted by atomic mass is 16.7. The number of hydrogen-bond acceptors (Lipinski definition) is 14. The van der Waals surface area contributed by atoms with Crippen LogP contribution in [-0.2, 0) is 33.2 Å². The van der Waals surface area contributed by atoms with Crippen molar-refractivity contribution in [2.24, 2.45) is 0 Å². The van der Waals surface area contributed by atoms with Gasteiger partial charge >= 0.3 is 5.97 Å². The molecule has 63 heavy (non-hydrogen) atoms. The summed E-state index contributed by atoms with van der Waals surface area (Å²) in [6.45, 7) is 3.61. The van der Waals surface area contributed by atoms with Crippen molar-refractivity contribution in [1.82, 2.24) is 0 Å². The number of hydrogen-bond donors (Lipinski definition) is 7. The van der Waals surface area contributed by atoms with E-state index in [-0.39, 0.29) is 19.6 Å². The molecule has 0 aromatic heterocycles. The number of ether oxygens (including phenoxy) is 6. The molecule has 0 amide bonds. The SMILES string of the molecule is CCCCC/C=C\C/C=C\CCCCCCCC(=O)OC(COCCCCCCCC/C=C\CCCCCC)COC1OC(COC2OC(CO)C(O)C(O)C2O)C(O)C(O)C1O. The monoisotopic (exact) mass is 901 g/mol. The Bertz CT molecular complexity index is 1180. The van der Waals surface area contributed by atoms with Crippen LogP contribution in [0.2, 0.25) is 0 Å². The second-order valence-corrected chi connectivity index (χ2v) is 17.3. The van der Waals surface area contributed by atoms with Gasteiger partial charge in [-0.05, 0) is 70.6 Å². The number of carbonyl (C=O) groups excluding carboxylic acids is 1. The predicted octanol–water partition coefficient (Wildman–Crippen LogP) is 6.63. The first-order chi connectivity index (χ1) is 30.6. The van der Waals surface area contributed by atoms with Crippen LogP contribution in [0.1, 0.15) is 168 Å². The van der Waals surface area contributed by atoms with E-state index in [1.54, 1.807) is 0 Å². The van der Waals surface area contributed by atoms with E-state index >= 15 is 0 Å². The molecule has 7 N–H and O–H groups in total. The molecule has 0 aromatic rings. The lowest BCUT2D eigenvalue weighted by molar-refractivity contribution is -0.332. The summed E-state index contributed by atoms with van der Waals surface area (Å²) in [7, 11) is 0. The Morgan fingerprint density at radius 3 is 1.57 bits per heavy atom. The molecule has 0 bridgehead atoms. The maximum absolute atomic E-state index is 13.0. The van der Waals surface area contributed by atoms with Gasteiger partial charge in [-0.2, -0.15) is 0 Å². The molecule has 2 saturated heterocycles. The number of rotatable bonds is 38. The third-order valence-corrected chi connectivity index (χ3v) is 11.6. The first kappa shape index (κ1) is 57.3. The van der Waals surface area contributed by atoms with Gasteiger partial charge < -0.3 is 64.2 Å². The van der Waals surface area contributed by atoms with Crippen molar-refractivity contribution in [3.8, 4) is 0 Å². The Morgan fingerprint density at radius 2 is 0.984 bits per heavy atom. The standard InChI is InChI=1S/C49H88O14/c1-3-5-7-9-11-13-15-17-19-20-22-24-26-28-30-32-41(51)61-38(35-58-33-31-29-27-25-23-21-18-16-14-12-10-8-6-4-2)36-59-48-47(57)45(55)43(53)40(63-48)37-60-49-46(56)44(54)42(52)39(34-50)62-49/h11,13-14,16-17,19,38-40,42-50,52-57H,3-10,12,15,18,20-37H2,1-2H3/b13-11-,16-14-,19-17-. The Morgan fingerprint density at radius 1 is 0.524 bits per heavy atom. The fraction of sp³-hybridized carbons (Fsp3) is 0.857. The van der Waals surface area contributed by atoms with Crippen LogP contribution in [0.25, 0.3) is 0 Å². The fourth-order valence-electron chi connectivity index (χ4n) is 7.54. The highest BCUT2D eigenvalue weighted by Gasteiger charge is 2.47. The van der Waals surface area contributed by atoms with Crippen LogP contribution in [0.15, 0.2) is 36.5 Å². The second-order valence-electron chi connectivity index (χ2n) is 17.3. The van der Waals surface area contributed by atoms with Crippen molar-refractivity contribution in [2.45, 2.75) is 235 Å². The zero-order chi connectivity index (χ0) is 45.9. The third-order valence-electron chi connectivity index (χ3n) is 11.6. The first-order valence-electron chi connectivity index (χ1n) is 24.6. The molecule has 2 aliphatic heterocycles. The van der Waals surface area contributed by atoms with Gasteiger partial charge in [-0.1, -0.05) is 127 Å². The van der Waals surface area contributed by atoms with Crippen LogP contribution >= 0.6 is 0 Å². The number of carbonyl (C=O) groups is 1. The molecule has 2 fully saturated rings. The number of allylic oxidation sites excluding steroid dienone is 6. The summed E-state index contributed by atoms with van der Waals surface area (Å²) in [6.07, 6.45) is 23.5. The van der Waals surface area contributed by atoms with E-state index in [4.69, 9.17) is 28.4 Å². The summed E-state index contributed by atoms with van der Waals surface area (Å²) in [4.78, 5) is 13.0.